The topological polar surface area (TPSA) is 78.3 Å². The van der Waals surface area contributed by atoms with Crippen LogP contribution in [-0.2, 0) is 11.2 Å². The highest BCUT2D eigenvalue weighted by Gasteiger charge is 2.14. The van der Waals surface area contributed by atoms with Gasteiger partial charge in [-0.25, -0.2) is 9.67 Å². The maximum atomic E-state index is 12.4. The Morgan fingerprint density at radius 3 is 2.89 bits per heavy atom. The van der Waals surface area contributed by atoms with Gasteiger partial charge in [-0.1, -0.05) is 29.8 Å². The van der Waals surface area contributed by atoms with Crippen LogP contribution in [0.25, 0.3) is 5.69 Å². The molecule has 7 nitrogen and oxygen atoms in total. The SMILES string of the molecule is C=CCc1ccc(OCC(=O)Nc2cccc(Cl)c2-n2cncn2)c(OC)c1. The van der Waals surface area contributed by atoms with Crippen molar-refractivity contribution in [1.82, 2.24) is 14.8 Å². The number of para-hydroxylation sites is 1. The number of anilines is 1. The van der Waals surface area contributed by atoms with Crippen LogP contribution in [0.2, 0.25) is 5.02 Å². The molecule has 0 saturated heterocycles. The molecule has 1 N–H and O–H groups in total. The number of halogens is 1. The first-order valence-electron chi connectivity index (χ1n) is 8.46. The van der Waals surface area contributed by atoms with Crippen molar-refractivity contribution in [2.45, 2.75) is 6.42 Å². The molecule has 0 bridgehead atoms. The maximum absolute atomic E-state index is 12.4. The number of allylic oxidation sites excluding steroid dienone is 1. The van der Waals surface area contributed by atoms with Crippen molar-refractivity contribution in [3.63, 3.8) is 0 Å². The Kier molecular flexibility index (Phi) is 6.29. The van der Waals surface area contributed by atoms with E-state index in [9.17, 15) is 4.79 Å². The highest BCUT2D eigenvalue weighted by molar-refractivity contribution is 6.33. The van der Waals surface area contributed by atoms with Crippen molar-refractivity contribution in [3.8, 4) is 17.2 Å². The van der Waals surface area contributed by atoms with Crippen LogP contribution in [0.1, 0.15) is 5.56 Å². The van der Waals surface area contributed by atoms with E-state index in [0.717, 1.165) is 12.0 Å². The molecule has 0 aliphatic rings. The van der Waals surface area contributed by atoms with E-state index in [0.29, 0.717) is 27.9 Å². The van der Waals surface area contributed by atoms with Gasteiger partial charge in [-0.3, -0.25) is 4.79 Å². The quantitative estimate of drug-likeness (QED) is 0.585. The van der Waals surface area contributed by atoms with Crippen molar-refractivity contribution < 1.29 is 14.3 Å². The molecule has 0 saturated carbocycles. The molecule has 144 valence electrons. The van der Waals surface area contributed by atoms with Gasteiger partial charge in [0, 0.05) is 0 Å². The van der Waals surface area contributed by atoms with E-state index in [1.54, 1.807) is 37.5 Å². The third-order valence-electron chi connectivity index (χ3n) is 3.88. The molecule has 0 atom stereocenters. The number of amides is 1. The number of benzene rings is 2. The third kappa shape index (κ3) is 4.50. The summed E-state index contributed by atoms with van der Waals surface area (Å²) < 4.78 is 12.5. The molecule has 0 radical (unpaired) electrons. The molecule has 3 rings (SSSR count). The number of aromatic nitrogens is 3. The summed E-state index contributed by atoms with van der Waals surface area (Å²) in [5, 5.41) is 7.29. The van der Waals surface area contributed by atoms with Gasteiger partial charge in [0.05, 0.1) is 17.8 Å². The van der Waals surface area contributed by atoms with Gasteiger partial charge in [0.2, 0.25) is 0 Å². The number of carbonyl (C=O) groups is 1. The van der Waals surface area contributed by atoms with E-state index in [4.69, 9.17) is 21.1 Å². The molecular formula is C20H19ClN4O3. The minimum Gasteiger partial charge on any atom is -0.493 e. The second-order valence-corrected chi connectivity index (χ2v) is 6.20. The fraction of sp³-hybridized carbons (Fsp3) is 0.150. The van der Waals surface area contributed by atoms with E-state index in [2.05, 4.69) is 22.0 Å². The Balaban J connectivity index is 1.71. The zero-order valence-corrected chi connectivity index (χ0v) is 16.0. The molecule has 2 aromatic carbocycles. The van der Waals surface area contributed by atoms with Gasteiger partial charge in [-0.15, -0.1) is 6.58 Å². The first-order chi connectivity index (χ1) is 13.6. The van der Waals surface area contributed by atoms with E-state index in [1.165, 1.54) is 17.3 Å². The zero-order valence-electron chi connectivity index (χ0n) is 15.3. The minimum absolute atomic E-state index is 0.194. The molecule has 0 spiro atoms. The van der Waals surface area contributed by atoms with Gasteiger partial charge in [0.25, 0.3) is 5.91 Å². The second-order valence-electron chi connectivity index (χ2n) is 5.79. The molecular weight excluding hydrogens is 380 g/mol. The number of methoxy groups -OCH3 is 1. The number of hydrogen-bond donors (Lipinski definition) is 1. The lowest BCUT2D eigenvalue weighted by atomic mass is 10.1. The van der Waals surface area contributed by atoms with Crippen molar-refractivity contribution in [2.24, 2.45) is 0 Å². The fourth-order valence-corrected chi connectivity index (χ4v) is 2.89. The van der Waals surface area contributed by atoms with Crippen molar-refractivity contribution >= 4 is 23.2 Å². The van der Waals surface area contributed by atoms with Crippen LogP contribution in [0.4, 0.5) is 5.69 Å². The van der Waals surface area contributed by atoms with E-state index in [-0.39, 0.29) is 12.5 Å². The highest BCUT2D eigenvalue weighted by atomic mass is 35.5. The Morgan fingerprint density at radius 2 is 2.18 bits per heavy atom. The largest absolute Gasteiger partial charge is 0.493 e. The van der Waals surface area contributed by atoms with Crippen molar-refractivity contribution in [1.29, 1.82) is 0 Å². The van der Waals surface area contributed by atoms with Crippen molar-refractivity contribution in [2.75, 3.05) is 19.0 Å². The minimum atomic E-state index is -0.346. The molecule has 0 fully saturated rings. The molecule has 0 aliphatic heterocycles. The summed E-state index contributed by atoms with van der Waals surface area (Å²) in [5.74, 6) is 0.687. The first-order valence-corrected chi connectivity index (χ1v) is 8.84. The standard InChI is InChI=1S/C20H19ClN4O3/c1-3-5-14-8-9-17(18(10-14)27-2)28-11-19(26)24-16-7-4-6-15(21)20(16)25-13-22-12-23-25/h3-4,6-10,12-13H,1,5,11H2,2H3,(H,24,26). The van der Waals surface area contributed by atoms with Gasteiger partial charge in [0.15, 0.2) is 18.1 Å². The normalized spacial score (nSPS) is 10.4. The molecule has 8 heteroatoms. The number of nitrogens with one attached hydrogen (secondary N) is 1. The lowest BCUT2D eigenvalue weighted by Gasteiger charge is -2.14. The number of nitrogens with zero attached hydrogens (tertiary/aromatic N) is 3. The lowest BCUT2D eigenvalue weighted by molar-refractivity contribution is -0.118. The Bertz CT molecular complexity index is 974. The average Bonchev–Trinajstić information content (AvgIpc) is 3.21. The third-order valence-corrected chi connectivity index (χ3v) is 4.18. The predicted octanol–water partition coefficient (Wildman–Crippen LogP) is 3.68. The van der Waals surface area contributed by atoms with E-state index >= 15 is 0 Å². The van der Waals surface area contributed by atoms with Crippen LogP contribution in [0.3, 0.4) is 0 Å². The molecule has 1 amide bonds. The molecule has 28 heavy (non-hydrogen) atoms. The second kappa shape index (κ2) is 9.05. The fourth-order valence-electron chi connectivity index (χ4n) is 2.63. The summed E-state index contributed by atoms with van der Waals surface area (Å²) in [7, 11) is 1.55. The lowest BCUT2D eigenvalue weighted by Crippen LogP contribution is -2.21. The van der Waals surface area contributed by atoms with E-state index in [1.807, 2.05) is 12.1 Å². The van der Waals surface area contributed by atoms with Gasteiger partial charge in [0.1, 0.15) is 18.3 Å². The van der Waals surface area contributed by atoms with Gasteiger partial charge >= 0.3 is 0 Å². The maximum Gasteiger partial charge on any atom is 0.262 e. The Morgan fingerprint density at radius 1 is 1.32 bits per heavy atom. The van der Waals surface area contributed by atoms with Crippen LogP contribution < -0.4 is 14.8 Å². The number of ether oxygens (including phenoxy) is 2. The predicted molar refractivity (Wildman–Crippen MR) is 107 cm³/mol. The monoisotopic (exact) mass is 398 g/mol. The van der Waals surface area contributed by atoms with Crippen LogP contribution in [-0.4, -0.2) is 34.4 Å². The molecule has 0 aliphatic carbocycles. The summed E-state index contributed by atoms with van der Waals surface area (Å²) >= 11 is 6.26. The molecule has 1 aromatic heterocycles. The summed E-state index contributed by atoms with van der Waals surface area (Å²) in [6.07, 6.45) is 5.42. The van der Waals surface area contributed by atoms with Gasteiger partial charge in [-0.2, -0.15) is 5.10 Å². The molecule has 1 heterocycles. The van der Waals surface area contributed by atoms with Gasteiger partial charge in [-0.05, 0) is 36.2 Å². The summed E-state index contributed by atoms with van der Waals surface area (Å²) in [6.45, 7) is 3.53. The average molecular weight is 399 g/mol. The van der Waals surface area contributed by atoms with Crippen LogP contribution >= 0.6 is 11.6 Å². The van der Waals surface area contributed by atoms with Crippen LogP contribution in [0, 0.1) is 0 Å². The Labute approximate surface area is 167 Å². The number of carbonyl (C=O) groups excluding carboxylic acids is 1. The smallest absolute Gasteiger partial charge is 0.262 e. The van der Waals surface area contributed by atoms with E-state index < -0.39 is 0 Å². The Hall–Kier alpha value is -3.32. The van der Waals surface area contributed by atoms with Crippen LogP contribution in [0.5, 0.6) is 11.5 Å². The molecule has 0 unspecified atom stereocenters. The van der Waals surface area contributed by atoms with Crippen LogP contribution in [0.15, 0.2) is 61.7 Å². The summed E-state index contributed by atoms with van der Waals surface area (Å²) in [5.41, 5.74) is 2.07. The summed E-state index contributed by atoms with van der Waals surface area (Å²) in [4.78, 5) is 16.3. The first kappa shape index (κ1) is 19.4. The summed E-state index contributed by atoms with van der Waals surface area (Å²) in [6, 6.07) is 10.7. The van der Waals surface area contributed by atoms with Crippen molar-refractivity contribution in [3.05, 3.63) is 72.3 Å². The van der Waals surface area contributed by atoms with Gasteiger partial charge < -0.3 is 14.8 Å². The number of hydrogen-bond acceptors (Lipinski definition) is 5. The zero-order chi connectivity index (χ0) is 19.9. The molecule has 3 aromatic rings. The highest BCUT2D eigenvalue weighted by Crippen LogP contribution is 2.29. The number of rotatable bonds is 8.